The number of rotatable bonds is 6. The second kappa shape index (κ2) is 6.86. The Morgan fingerprint density at radius 1 is 0.905 bits per heavy atom. The Kier molecular flexibility index (Phi) is 4.44. The lowest BCUT2D eigenvalue weighted by atomic mass is 9.99. The van der Waals surface area contributed by atoms with Gasteiger partial charge in [-0.1, -0.05) is 60.7 Å². The van der Waals surface area contributed by atoms with Crippen LogP contribution in [-0.2, 0) is 13.0 Å². The van der Waals surface area contributed by atoms with Crippen LogP contribution in [0.25, 0.3) is 0 Å². The second-order valence-electron chi connectivity index (χ2n) is 5.12. The molecular formula is C18H19N3. The van der Waals surface area contributed by atoms with Crippen molar-refractivity contribution in [1.82, 2.24) is 15.5 Å². The Morgan fingerprint density at radius 2 is 1.62 bits per heavy atom. The monoisotopic (exact) mass is 277 g/mol. The van der Waals surface area contributed by atoms with Crippen LogP contribution in [0.3, 0.4) is 0 Å². The van der Waals surface area contributed by atoms with Gasteiger partial charge in [0.15, 0.2) is 0 Å². The molecular weight excluding hydrogens is 258 g/mol. The van der Waals surface area contributed by atoms with Crippen molar-refractivity contribution in [1.29, 1.82) is 0 Å². The van der Waals surface area contributed by atoms with Crippen LogP contribution in [0.2, 0.25) is 0 Å². The maximum atomic E-state index is 3.99. The highest BCUT2D eigenvalue weighted by Crippen LogP contribution is 2.18. The second-order valence-corrected chi connectivity index (χ2v) is 5.12. The summed E-state index contributed by atoms with van der Waals surface area (Å²) in [7, 11) is 0. The number of aromatic nitrogens is 2. The molecule has 106 valence electrons. The van der Waals surface area contributed by atoms with Crippen LogP contribution in [0.15, 0.2) is 72.9 Å². The van der Waals surface area contributed by atoms with Crippen LogP contribution < -0.4 is 5.32 Å². The lowest BCUT2D eigenvalue weighted by Gasteiger charge is -2.19. The van der Waals surface area contributed by atoms with E-state index in [2.05, 4.69) is 76.2 Å². The average molecular weight is 277 g/mol. The minimum Gasteiger partial charge on any atom is -0.304 e. The lowest BCUT2D eigenvalue weighted by molar-refractivity contribution is 0.525. The van der Waals surface area contributed by atoms with E-state index in [0.29, 0.717) is 0 Å². The van der Waals surface area contributed by atoms with E-state index in [1.165, 1.54) is 11.1 Å². The van der Waals surface area contributed by atoms with Crippen LogP contribution in [0.1, 0.15) is 22.9 Å². The highest BCUT2D eigenvalue weighted by Gasteiger charge is 2.11. The first-order chi connectivity index (χ1) is 10.4. The Morgan fingerprint density at radius 3 is 2.29 bits per heavy atom. The van der Waals surface area contributed by atoms with Gasteiger partial charge < -0.3 is 5.32 Å². The van der Waals surface area contributed by atoms with Gasteiger partial charge in [0.05, 0.1) is 0 Å². The maximum absolute atomic E-state index is 3.99. The van der Waals surface area contributed by atoms with Gasteiger partial charge in [0.1, 0.15) is 0 Å². The molecule has 0 saturated carbocycles. The van der Waals surface area contributed by atoms with Crippen LogP contribution in [0, 0.1) is 0 Å². The summed E-state index contributed by atoms with van der Waals surface area (Å²) in [5.74, 6) is 0. The molecule has 3 aromatic rings. The molecule has 0 bridgehead atoms. The fourth-order valence-corrected chi connectivity index (χ4v) is 2.46. The summed E-state index contributed by atoms with van der Waals surface area (Å²) in [4.78, 5) is 0. The molecule has 0 amide bonds. The van der Waals surface area contributed by atoms with E-state index >= 15 is 0 Å². The fraction of sp³-hybridized carbons (Fsp3) is 0.167. The van der Waals surface area contributed by atoms with Gasteiger partial charge in [-0.05, 0) is 23.6 Å². The van der Waals surface area contributed by atoms with E-state index in [1.54, 1.807) is 6.20 Å². The topological polar surface area (TPSA) is 40.7 Å². The van der Waals surface area contributed by atoms with E-state index in [-0.39, 0.29) is 6.04 Å². The molecule has 1 aromatic heterocycles. The number of H-pyrrole nitrogens is 1. The summed E-state index contributed by atoms with van der Waals surface area (Å²) in [6.07, 6.45) is 2.75. The number of nitrogens with one attached hydrogen (secondary N) is 2. The van der Waals surface area contributed by atoms with E-state index in [1.807, 2.05) is 6.07 Å². The molecule has 2 N–H and O–H groups in total. The summed E-state index contributed by atoms with van der Waals surface area (Å²) in [6, 6.07) is 23.4. The molecule has 3 rings (SSSR count). The molecule has 0 aliphatic rings. The molecule has 0 radical (unpaired) electrons. The third-order valence-corrected chi connectivity index (χ3v) is 3.58. The van der Waals surface area contributed by atoms with Gasteiger partial charge in [0.25, 0.3) is 0 Å². The van der Waals surface area contributed by atoms with E-state index in [0.717, 1.165) is 18.7 Å². The van der Waals surface area contributed by atoms with Crippen LogP contribution in [0.5, 0.6) is 0 Å². The number of nitrogens with zero attached hydrogens (tertiary/aromatic N) is 1. The molecule has 0 aliphatic carbocycles. The van der Waals surface area contributed by atoms with Gasteiger partial charge in [-0.2, -0.15) is 5.10 Å². The standard InChI is InChI=1S/C18H19N3/c1-3-7-15(8-4-1)13-18(16-9-5-2-6-10-16)19-14-17-11-12-20-21-17/h1-12,18-19H,13-14H2,(H,20,21)/t18-/m1/s1. The first kappa shape index (κ1) is 13.6. The van der Waals surface area contributed by atoms with Crippen molar-refractivity contribution in [3.05, 3.63) is 89.7 Å². The quantitative estimate of drug-likeness (QED) is 0.724. The Bertz CT molecular complexity index is 633. The van der Waals surface area contributed by atoms with Gasteiger partial charge in [-0.25, -0.2) is 0 Å². The van der Waals surface area contributed by atoms with Gasteiger partial charge in [0, 0.05) is 24.5 Å². The van der Waals surface area contributed by atoms with Crippen molar-refractivity contribution in [3.8, 4) is 0 Å². The Hall–Kier alpha value is -2.39. The smallest absolute Gasteiger partial charge is 0.0490 e. The maximum Gasteiger partial charge on any atom is 0.0490 e. The largest absolute Gasteiger partial charge is 0.304 e. The van der Waals surface area contributed by atoms with Crippen molar-refractivity contribution >= 4 is 0 Å². The Labute approximate surface area is 125 Å². The molecule has 3 nitrogen and oxygen atoms in total. The van der Waals surface area contributed by atoms with Crippen molar-refractivity contribution < 1.29 is 0 Å². The van der Waals surface area contributed by atoms with Gasteiger partial charge >= 0.3 is 0 Å². The molecule has 0 spiro atoms. The molecule has 0 unspecified atom stereocenters. The van der Waals surface area contributed by atoms with E-state index < -0.39 is 0 Å². The predicted molar refractivity (Wildman–Crippen MR) is 84.8 cm³/mol. The zero-order valence-electron chi connectivity index (χ0n) is 11.9. The first-order valence-electron chi connectivity index (χ1n) is 7.22. The number of hydrogen-bond acceptors (Lipinski definition) is 2. The highest BCUT2D eigenvalue weighted by atomic mass is 15.1. The Balaban J connectivity index is 1.74. The number of benzene rings is 2. The molecule has 0 fully saturated rings. The highest BCUT2D eigenvalue weighted by molar-refractivity contribution is 5.23. The molecule has 1 atom stereocenters. The van der Waals surface area contributed by atoms with Crippen LogP contribution in [-0.4, -0.2) is 10.2 Å². The van der Waals surface area contributed by atoms with Crippen molar-refractivity contribution in [2.75, 3.05) is 0 Å². The molecule has 21 heavy (non-hydrogen) atoms. The summed E-state index contributed by atoms with van der Waals surface area (Å²) >= 11 is 0. The minimum atomic E-state index is 0.289. The third kappa shape index (κ3) is 3.80. The summed E-state index contributed by atoms with van der Waals surface area (Å²) in [5.41, 5.74) is 3.74. The SMILES string of the molecule is c1ccc(C[C@@H](NCc2ccn[nH]2)c2ccccc2)cc1. The molecule has 0 saturated heterocycles. The normalized spacial score (nSPS) is 12.2. The van der Waals surface area contributed by atoms with E-state index in [4.69, 9.17) is 0 Å². The van der Waals surface area contributed by atoms with E-state index in [9.17, 15) is 0 Å². The summed E-state index contributed by atoms with van der Waals surface area (Å²) < 4.78 is 0. The zero-order valence-corrected chi connectivity index (χ0v) is 11.9. The van der Waals surface area contributed by atoms with Crippen LogP contribution >= 0.6 is 0 Å². The molecule has 3 heteroatoms. The molecule has 2 aromatic carbocycles. The molecule has 0 aliphatic heterocycles. The van der Waals surface area contributed by atoms with Gasteiger partial charge in [-0.15, -0.1) is 0 Å². The summed E-state index contributed by atoms with van der Waals surface area (Å²) in [6.45, 7) is 0.784. The minimum absolute atomic E-state index is 0.289. The zero-order chi connectivity index (χ0) is 14.3. The van der Waals surface area contributed by atoms with Crippen molar-refractivity contribution in [2.45, 2.75) is 19.0 Å². The predicted octanol–water partition coefficient (Wildman–Crippen LogP) is 3.48. The number of aromatic amines is 1. The van der Waals surface area contributed by atoms with Crippen molar-refractivity contribution in [2.24, 2.45) is 0 Å². The fourth-order valence-electron chi connectivity index (χ4n) is 2.46. The van der Waals surface area contributed by atoms with Crippen molar-refractivity contribution in [3.63, 3.8) is 0 Å². The number of hydrogen-bond donors (Lipinski definition) is 2. The van der Waals surface area contributed by atoms with Gasteiger partial charge in [-0.3, -0.25) is 5.10 Å². The average Bonchev–Trinajstić information content (AvgIpc) is 3.07. The third-order valence-electron chi connectivity index (χ3n) is 3.58. The molecule has 1 heterocycles. The first-order valence-corrected chi connectivity index (χ1v) is 7.22. The van der Waals surface area contributed by atoms with Crippen LogP contribution in [0.4, 0.5) is 0 Å². The summed E-state index contributed by atoms with van der Waals surface area (Å²) in [5, 5.41) is 10.6. The van der Waals surface area contributed by atoms with Gasteiger partial charge in [0.2, 0.25) is 0 Å². The lowest BCUT2D eigenvalue weighted by Crippen LogP contribution is -2.23.